The molecule has 130 valence electrons. The lowest BCUT2D eigenvalue weighted by Crippen LogP contribution is -2.48. The molecule has 3 unspecified atom stereocenters. The summed E-state index contributed by atoms with van der Waals surface area (Å²) in [7, 11) is 1.62. The van der Waals surface area contributed by atoms with Crippen LogP contribution in [0.4, 0.5) is 0 Å². The van der Waals surface area contributed by atoms with Crippen molar-refractivity contribution in [3.63, 3.8) is 0 Å². The molecule has 24 heavy (non-hydrogen) atoms. The second-order valence-corrected chi connectivity index (χ2v) is 6.31. The number of methoxy groups -OCH3 is 1. The first-order valence-corrected chi connectivity index (χ1v) is 8.20. The number of likely N-dealkylation sites (tertiary alicyclic amines) is 1. The molecule has 0 aliphatic carbocycles. The molecule has 1 aromatic rings. The second-order valence-electron chi connectivity index (χ2n) is 6.31. The van der Waals surface area contributed by atoms with Gasteiger partial charge in [0, 0.05) is 19.6 Å². The van der Waals surface area contributed by atoms with Crippen molar-refractivity contribution in [2.45, 2.75) is 37.6 Å². The van der Waals surface area contributed by atoms with Crippen LogP contribution in [0.1, 0.15) is 18.4 Å². The zero-order chi connectivity index (χ0) is 17.1. The van der Waals surface area contributed by atoms with E-state index in [9.17, 15) is 14.7 Å². The van der Waals surface area contributed by atoms with E-state index in [-0.39, 0.29) is 11.8 Å². The molecule has 3 N–H and O–H groups in total. The van der Waals surface area contributed by atoms with Gasteiger partial charge in [-0.1, -0.05) is 12.1 Å². The van der Waals surface area contributed by atoms with Crippen LogP contribution in [0.15, 0.2) is 24.3 Å². The quantitative estimate of drug-likeness (QED) is 0.684. The number of carbonyl (C=O) groups excluding carboxylic acids is 2. The largest absolute Gasteiger partial charge is 0.497 e. The number of hydrogen-bond acceptors (Lipinski definition) is 5. The van der Waals surface area contributed by atoms with E-state index in [1.165, 1.54) is 0 Å². The topological polar surface area (TPSA) is 90.9 Å². The van der Waals surface area contributed by atoms with E-state index in [1.54, 1.807) is 12.0 Å². The maximum absolute atomic E-state index is 12.5. The Morgan fingerprint density at radius 2 is 2.17 bits per heavy atom. The van der Waals surface area contributed by atoms with Gasteiger partial charge in [-0.2, -0.15) is 0 Å². The third kappa shape index (κ3) is 3.68. The van der Waals surface area contributed by atoms with Crippen LogP contribution in [0.5, 0.6) is 5.75 Å². The first kappa shape index (κ1) is 16.7. The van der Waals surface area contributed by atoms with Gasteiger partial charge in [0.15, 0.2) is 0 Å². The zero-order valence-corrected chi connectivity index (χ0v) is 13.7. The Bertz CT molecular complexity index is 604. The number of aliphatic hydroxyl groups is 1. The van der Waals surface area contributed by atoms with E-state index >= 15 is 0 Å². The van der Waals surface area contributed by atoms with E-state index in [0.717, 1.165) is 11.3 Å². The molecule has 0 radical (unpaired) electrons. The van der Waals surface area contributed by atoms with Gasteiger partial charge in [0.05, 0.1) is 19.3 Å². The summed E-state index contributed by atoms with van der Waals surface area (Å²) in [5.74, 6) is 0.511. The van der Waals surface area contributed by atoms with Crippen molar-refractivity contribution in [3.05, 3.63) is 29.8 Å². The number of carbonyl (C=O) groups is 2. The van der Waals surface area contributed by atoms with Crippen LogP contribution in [0, 0.1) is 0 Å². The number of hydrogen-bond donors (Lipinski definition) is 3. The van der Waals surface area contributed by atoms with Gasteiger partial charge in [-0.15, -0.1) is 0 Å². The smallest absolute Gasteiger partial charge is 0.245 e. The molecule has 0 saturated carbocycles. The van der Waals surface area contributed by atoms with Gasteiger partial charge >= 0.3 is 0 Å². The lowest BCUT2D eigenvalue weighted by molar-refractivity contribution is -0.133. The maximum Gasteiger partial charge on any atom is 0.245 e. The maximum atomic E-state index is 12.5. The summed E-state index contributed by atoms with van der Waals surface area (Å²) < 4.78 is 5.13. The number of benzene rings is 1. The standard InChI is InChI=1S/C17H23N3O4/c1-24-13-4-2-11(3-5-13)10-20-7-6-14(17(20)23)19-16(22)15-8-12(21)9-18-15/h2-5,12,14-15,18,21H,6-10H2,1H3,(H,19,22). The van der Waals surface area contributed by atoms with Crippen molar-refractivity contribution in [1.82, 2.24) is 15.5 Å². The molecular formula is C17H23N3O4. The van der Waals surface area contributed by atoms with E-state index in [1.807, 2.05) is 24.3 Å². The van der Waals surface area contributed by atoms with Crippen molar-refractivity contribution in [2.75, 3.05) is 20.2 Å². The predicted molar refractivity (Wildman–Crippen MR) is 87.4 cm³/mol. The van der Waals surface area contributed by atoms with Gasteiger partial charge in [0.1, 0.15) is 11.8 Å². The molecular weight excluding hydrogens is 310 g/mol. The Hall–Kier alpha value is -2.12. The molecule has 7 heteroatoms. The normalized spacial score (nSPS) is 26.7. The molecule has 2 amide bonds. The minimum atomic E-state index is -0.494. The Balaban J connectivity index is 1.53. The zero-order valence-electron chi connectivity index (χ0n) is 13.7. The summed E-state index contributed by atoms with van der Waals surface area (Å²) in [5.41, 5.74) is 1.02. The second kappa shape index (κ2) is 7.19. The lowest BCUT2D eigenvalue weighted by atomic mass is 10.1. The van der Waals surface area contributed by atoms with Crippen LogP contribution >= 0.6 is 0 Å². The number of rotatable bonds is 5. The fourth-order valence-corrected chi connectivity index (χ4v) is 3.17. The van der Waals surface area contributed by atoms with E-state index < -0.39 is 18.2 Å². The molecule has 3 rings (SSSR count). The molecule has 1 aromatic carbocycles. The highest BCUT2D eigenvalue weighted by Gasteiger charge is 2.35. The summed E-state index contributed by atoms with van der Waals surface area (Å²) in [4.78, 5) is 26.4. The van der Waals surface area contributed by atoms with Gasteiger partial charge in [0.25, 0.3) is 0 Å². The number of ether oxygens (including phenoxy) is 1. The van der Waals surface area contributed by atoms with Crippen molar-refractivity contribution >= 4 is 11.8 Å². The monoisotopic (exact) mass is 333 g/mol. The van der Waals surface area contributed by atoms with E-state index in [4.69, 9.17) is 4.74 Å². The highest BCUT2D eigenvalue weighted by atomic mass is 16.5. The molecule has 0 spiro atoms. The van der Waals surface area contributed by atoms with Crippen LogP contribution in [-0.2, 0) is 16.1 Å². The molecule has 2 heterocycles. The van der Waals surface area contributed by atoms with Gasteiger partial charge in [0.2, 0.25) is 11.8 Å². The fourth-order valence-electron chi connectivity index (χ4n) is 3.17. The fraction of sp³-hybridized carbons (Fsp3) is 0.529. The summed E-state index contributed by atoms with van der Waals surface area (Å²) in [6.07, 6.45) is 0.504. The van der Waals surface area contributed by atoms with Crippen molar-refractivity contribution in [3.8, 4) is 5.75 Å². The Kier molecular flexibility index (Phi) is 5.01. The van der Waals surface area contributed by atoms with Crippen LogP contribution < -0.4 is 15.4 Å². The first-order chi connectivity index (χ1) is 11.6. The predicted octanol–water partition coefficient (Wildman–Crippen LogP) is -0.365. The third-order valence-electron chi connectivity index (χ3n) is 4.57. The number of nitrogens with one attached hydrogen (secondary N) is 2. The van der Waals surface area contributed by atoms with Crippen molar-refractivity contribution in [1.29, 1.82) is 0 Å². The number of nitrogens with zero attached hydrogens (tertiary/aromatic N) is 1. The average molecular weight is 333 g/mol. The number of β-amino-alcohol motifs (C(OH)–C–C–N with tert-alkyl or cyclic N) is 1. The average Bonchev–Trinajstić information content (AvgIpc) is 3.16. The molecule has 7 nitrogen and oxygen atoms in total. The highest BCUT2D eigenvalue weighted by molar-refractivity contribution is 5.91. The van der Waals surface area contributed by atoms with Crippen LogP contribution in [0.25, 0.3) is 0 Å². The van der Waals surface area contributed by atoms with Crippen LogP contribution in [0.3, 0.4) is 0 Å². The highest BCUT2D eigenvalue weighted by Crippen LogP contribution is 2.18. The molecule has 0 aromatic heterocycles. The van der Waals surface area contributed by atoms with Gasteiger partial charge in [-0.25, -0.2) is 0 Å². The van der Waals surface area contributed by atoms with Gasteiger partial charge in [-0.05, 0) is 30.5 Å². The first-order valence-electron chi connectivity index (χ1n) is 8.20. The number of amides is 2. The van der Waals surface area contributed by atoms with Crippen molar-refractivity contribution in [2.24, 2.45) is 0 Å². The molecule has 3 atom stereocenters. The SMILES string of the molecule is COc1ccc(CN2CCC(NC(=O)C3CC(O)CN3)C2=O)cc1. The molecule has 2 aliphatic rings. The Morgan fingerprint density at radius 3 is 2.79 bits per heavy atom. The number of aliphatic hydroxyl groups excluding tert-OH is 1. The summed E-state index contributed by atoms with van der Waals surface area (Å²) in [6, 6.07) is 6.71. The van der Waals surface area contributed by atoms with E-state index in [2.05, 4.69) is 10.6 Å². The summed E-state index contributed by atoms with van der Waals surface area (Å²) in [5, 5.41) is 15.2. The van der Waals surface area contributed by atoms with Crippen molar-refractivity contribution < 1.29 is 19.4 Å². The van der Waals surface area contributed by atoms with Crippen LogP contribution in [-0.4, -0.2) is 60.2 Å². The minimum absolute atomic E-state index is 0.0577. The summed E-state index contributed by atoms with van der Waals surface area (Å²) >= 11 is 0. The van der Waals surface area contributed by atoms with E-state index in [0.29, 0.717) is 32.5 Å². The molecule has 2 fully saturated rings. The molecule has 2 saturated heterocycles. The van der Waals surface area contributed by atoms with Crippen LogP contribution in [0.2, 0.25) is 0 Å². The van der Waals surface area contributed by atoms with Gasteiger partial charge < -0.3 is 25.4 Å². The Morgan fingerprint density at radius 1 is 1.42 bits per heavy atom. The minimum Gasteiger partial charge on any atom is -0.497 e. The lowest BCUT2D eigenvalue weighted by Gasteiger charge is -2.18. The Labute approximate surface area is 141 Å². The third-order valence-corrected chi connectivity index (χ3v) is 4.57. The summed E-state index contributed by atoms with van der Waals surface area (Å²) in [6.45, 7) is 1.56. The molecule has 0 bridgehead atoms. The molecule has 2 aliphatic heterocycles. The van der Waals surface area contributed by atoms with Gasteiger partial charge in [-0.3, -0.25) is 9.59 Å².